The topological polar surface area (TPSA) is 169 Å². The average molecular weight is 376 g/mol. The molecule has 0 aliphatic rings. The second-order valence-corrected chi connectivity index (χ2v) is 6.26. The van der Waals surface area contributed by atoms with E-state index in [0.29, 0.717) is 5.75 Å². The Hall–Kier alpha value is -3.63. The molecule has 2 aromatic rings. The Morgan fingerprint density at radius 1 is 1.37 bits per heavy atom. The first-order valence-electron chi connectivity index (χ1n) is 7.84. The van der Waals surface area contributed by atoms with Crippen molar-refractivity contribution in [2.45, 2.75) is 26.3 Å². The van der Waals surface area contributed by atoms with Gasteiger partial charge in [-0.05, 0) is 32.9 Å². The Bertz CT molecular complexity index is 866. The molecule has 1 aromatic heterocycles. The Morgan fingerprint density at radius 3 is 2.56 bits per heavy atom. The lowest BCUT2D eigenvalue weighted by Gasteiger charge is -2.27. The fraction of sp³-hybridized carbons (Fsp3) is 0.312. The number of nitrogens with one attached hydrogen (secondary N) is 1. The van der Waals surface area contributed by atoms with Crippen LogP contribution in [-0.4, -0.2) is 43.1 Å². The largest absolute Gasteiger partial charge is 0.488 e. The van der Waals surface area contributed by atoms with Gasteiger partial charge in [0.2, 0.25) is 11.8 Å². The lowest BCUT2D eigenvalue weighted by atomic mass is 9.98. The number of aryl methyl sites for hydroxylation is 1. The van der Waals surface area contributed by atoms with Crippen molar-refractivity contribution in [1.29, 1.82) is 0 Å². The van der Waals surface area contributed by atoms with E-state index in [-0.39, 0.29) is 24.1 Å². The first-order chi connectivity index (χ1) is 12.6. The molecule has 27 heavy (non-hydrogen) atoms. The van der Waals surface area contributed by atoms with Crippen LogP contribution in [0.15, 0.2) is 29.4 Å². The number of anilines is 2. The number of hydrogen-bond donors (Lipinski definition) is 4. The van der Waals surface area contributed by atoms with E-state index >= 15 is 0 Å². The third kappa shape index (κ3) is 4.71. The van der Waals surface area contributed by atoms with Crippen LogP contribution in [0.25, 0.3) is 0 Å². The normalized spacial score (nSPS) is 11.9. The van der Waals surface area contributed by atoms with Gasteiger partial charge in [-0.25, -0.2) is 0 Å². The van der Waals surface area contributed by atoms with Gasteiger partial charge >= 0.3 is 5.69 Å². The van der Waals surface area contributed by atoms with E-state index in [0.717, 1.165) is 5.56 Å². The molecule has 0 saturated carbocycles. The number of benzene rings is 1. The summed E-state index contributed by atoms with van der Waals surface area (Å²) in [6.45, 7) is 5.03. The molecule has 0 fully saturated rings. The van der Waals surface area contributed by atoms with Crippen LogP contribution in [0.3, 0.4) is 0 Å². The van der Waals surface area contributed by atoms with E-state index < -0.39 is 22.0 Å². The second-order valence-electron chi connectivity index (χ2n) is 6.26. The maximum Gasteiger partial charge on any atom is 0.372 e. The minimum atomic E-state index is -1.13. The molecule has 0 radical (unpaired) electrons. The number of aromatic nitrogens is 2. The third-order valence-electron chi connectivity index (χ3n) is 3.74. The van der Waals surface area contributed by atoms with Gasteiger partial charge in [-0.1, -0.05) is 22.9 Å². The van der Waals surface area contributed by atoms with Crippen LogP contribution < -0.4 is 15.8 Å². The molecular formula is C16H20N6O5. The summed E-state index contributed by atoms with van der Waals surface area (Å²) in [6, 6.07) is 7.26. The zero-order valence-electron chi connectivity index (χ0n) is 15.0. The van der Waals surface area contributed by atoms with Crippen molar-refractivity contribution in [3.05, 3.63) is 39.9 Å². The third-order valence-corrected chi connectivity index (χ3v) is 3.74. The van der Waals surface area contributed by atoms with Crippen LogP contribution in [-0.2, 0) is 0 Å². The van der Waals surface area contributed by atoms with E-state index in [9.17, 15) is 20.4 Å². The molecule has 0 aliphatic carbocycles. The maximum atomic E-state index is 11.2. The number of hydrogen-bond acceptors (Lipinski definition) is 10. The standard InChI is InChI=1S/C16H20N6O5/c1-9-4-6-10(7-5-9)27-8-11(21-24)16(2,3)20-13-12(22(25)26)14(23)19-15(17)18-13/h4-7,24H,8H2,1-3H3,(H4,17,18,19,20,23). The van der Waals surface area contributed by atoms with Gasteiger partial charge in [0.05, 0.1) is 10.5 Å². The Kier molecular flexibility index (Phi) is 5.63. The number of nitrogens with zero attached hydrogens (tertiary/aromatic N) is 4. The monoisotopic (exact) mass is 376 g/mol. The predicted octanol–water partition coefficient (Wildman–Crippen LogP) is 2.08. The molecule has 0 amide bonds. The number of nitrogen functional groups attached to an aromatic ring is 1. The summed E-state index contributed by atoms with van der Waals surface area (Å²) in [5.74, 6) is -0.974. The fourth-order valence-corrected chi connectivity index (χ4v) is 2.20. The summed E-state index contributed by atoms with van der Waals surface area (Å²) in [7, 11) is 0. The second kappa shape index (κ2) is 7.72. The first-order valence-corrected chi connectivity index (χ1v) is 7.84. The smallest absolute Gasteiger partial charge is 0.372 e. The fourth-order valence-electron chi connectivity index (χ4n) is 2.20. The van der Waals surface area contributed by atoms with Gasteiger partial charge in [0.15, 0.2) is 0 Å². The van der Waals surface area contributed by atoms with Gasteiger partial charge in [0.1, 0.15) is 18.1 Å². The summed E-state index contributed by atoms with van der Waals surface area (Å²) < 4.78 is 5.59. The van der Waals surface area contributed by atoms with E-state index in [4.69, 9.17) is 10.5 Å². The number of nitrogens with two attached hydrogens (primary N) is 1. The summed E-state index contributed by atoms with van der Waals surface area (Å²) in [4.78, 5) is 17.5. The van der Waals surface area contributed by atoms with Crippen molar-refractivity contribution in [3.8, 4) is 11.6 Å². The van der Waals surface area contributed by atoms with Crippen molar-refractivity contribution in [2.75, 3.05) is 17.7 Å². The zero-order valence-corrected chi connectivity index (χ0v) is 15.0. The highest BCUT2D eigenvalue weighted by atomic mass is 16.6. The Balaban J connectivity index is 2.23. The average Bonchev–Trinajstić information content (AvgIpc) is 2.55. The van der Waals surface area contributed by atoms with Gasteiger partial charge in [-0.15, -0.1) is 0 Å². The molecule has 0 spiro atoms. The minimum Gasteiger partial charge on any atom is -0.488 e. The SMILES string of the molecule is Cc1ccc(OCC(=NO)C(C)(C)Nc2nc(N)nc(O)c2[N+](=O)[O-])cc1. The van der Waals surface area contributed by atoms with Gasteiger partial charge in [0, 0.05) is 0 Å². The number of oxime groups is 1. The van der Waals surface area contributed by atoms with E-state index in [1.54, 1.807) is 26.0 Å². The van der Waals surface area contributed by atoms with Gasteiger partial charge in [-0.2, -0.15) is 9.97 Å². The molecule has 5 N–H and O–H groups in total. The molecule has 11 heteroatoms. The molecular weight excluding hydrogens is 356 g/mol. The van der Waals surface area contributed by atoms with Crippen molar-refractivity contribution >= 4 is 23.2 Å². The lowest BCUT2D eigenvalue weighted by molar-refractivity contribution is -0.385. The number of nitro groups is 1. The summed E-state index contributed by atoms with van der Waals surface area (Å²) in [5.41, 5.74) is 4.78. The van der Waals surface area contributed by atoms with Crippen molar-refractivity contribution < 1.29 is 20.0 Å². The van der Waals surface area contributed by atoms with Gasteiger partial charge in [-0.3, -0.25) is 10.1 Å². The molecule has 1 heterocycles. The van der Waals surface area contributed by atoms with Crippen molar-refractivity contribution in [3.63, 3.8) is 0 Å². The summed E-state index contributed by atoms with van der Waals surface area (Å²) in [5, 5.41) is 36.2. The highest BCUT2D eigenvalue weighted by molar-refractivity contribution is 5.96. The molecule has 0 aliphatic heterocycles. The lowest BCUT2D eigenvalue weighted by Crippen LogP contribution is -2.43. The van der Waals surface area contributed by atoms with E-state index in [1.807, 2.05) is 19.1 Å². The predicted molar refractivity (Wildman–Crippen MR) is 98.4 cm³/mol. The van der Waals surface area contributed by atoms with Crippen LogP contribution in [0, 0.1) is 17.0 Å². The number of rotatable bonds is 7. The van der Waals surface area contributed by atoms with E-state index in [1.165, 1.54) is 0 Å². The molecule has 0 unspecified atom stereocenters. The van der Waals surface area contributed by atoms with Crippen LogP contribution >= 0.6 is 0 Å². The van der Waals surface area contributed by atoms with Crippen LogP contribution in [0.4, 0.5) is 17.5 Å². The highest BCUT2D eigenvalue weighted by Crippen LogP contribution is 2.33. The first kappa shape index (κ1) is 19.7. The summed E-state index contributed by atoms with van der Waals surface area (Å²) >= 11 is 0. The number of ether oxygens (including phenoxy) is 1. The van der Waals surface area contributed by atoms with Gasteiger partial charge < -0.3 is 26.1 Å². The van der Waals surface area contributed by atoms with E-state index in [2.05, 4.69) is 20.4 Å². The quantitative estimate of drug-likeness (QED) is 0.244. The molecule has 11 nitrogen and oxygen atoms in total. The Morgan fingerprint density at radius 2 is 2.00 bits per heavy atom. The summed E-state index contributed by atoms with van der Waals surface area (Å²) in [6.07, 6.45) is 0. The molecule has 1 aromatic carbocycles. The van der Waals surface area contributed by atoms with Gasteiger partial charge in [0.25, 0.3) is 5.88 Å². The molecule has 2 rings (SSSR count). The minimum absolute atomic E-state index is 0.0973. The van der Waals surface area contributed by atoms with Crippen LogP contribution in [0.5, 0.6) is 11.6 Å². The zero-order chi connectivity index (χ0) is 20.2. The van der Waals surface area contributed by atoms with Crippen LogP contribution in [0.2, 0.25) is 0 Å². The molecule has 0 bridgehead atoms. The van der Waals surface area contributed by atoms with Crippen molar-refractivity contribution in [1.82, 2.24) is 9.97 Å². The van der Waals surface area contributed by atoms with Crippen LogP contribution in [0.1, 0.15) is 19.4 Å². The highest BCUT2D eigenvalue weighted by Gasteiger charge is 2.32. The number of aromatic hydroxyl groups is 1. The Labute approximate surface area is 154 Å². The molecule has 0 atom stereocenters. The van der Waals surface area contributed by atoms with Crippen molar-refractivity contribution in [2.24, 2.45) is 5.16 Å². The maximum absolute atomic E-state index is 11.2. The molecule has 0 saturated heterocycles. The molecule has 144 valence electrons.